The molecule has 0 atom stereocenters. The van der Waals surface area contributed by atoms with Crippen molar-refractivity contribution in [1.82, 2.24) is 10.3 Å². The molecule has 1 N–H and O–H groups in total. The van der Waals surface area contributed by atoms with Crippen LogP contribution in [0.5, 0.6) is 5.88 Å². The topological polar surface area (TPSA) is 34.1 Å². The number of aromatic nitrogens is 1. The van der Waals surface area contributed by atoms with Gasteiger partial charge in [-0.2, -0.15) is 0 Å². The van der Waals surface area contributed by atoms with E-state index in [-0.39, 0.29) is 10.9 Å². The summed E-state index contributed by atoms with van der Waals surface area (Å²) in [6.45, 7) is 5.42. The molecule has 0 aromatic carbocycles. The number of rotatable bonds is 6. The van der Waals surface area contributed by atoms with E-state index >= 15 is 0 Å². The van der Waals surface area contributed by atoms with Crippen molar-refractivity contribution in [3.8, 4) is 5.88 Å². The zero-order valence-electron chi connectivity index (χ0n) is 9.46. The summed E-state index contributed by atoms with van der Waals surface area (Å²) in [5, 5.41) is 3.51. The molecule has 0 unspecified atom stereocenters. The summed E-state index contributed by atoms with van der Waals surface area (Å²) >= 11 is 5.57. The van der Waals surface area contributed by atoms with Crippen molar-refractivity contribution in [1.29, 1.82) is 0 Å². The smallest absolute Gasteiger partial charge is 0.250 e. The Bertz CT molecular complexity index is 334. The molecule has 0 bridgehead atoms. The van der Waals surface area contributed by atoms with Crippen LogP contribution in [-0.4, -0.2) is 24.2 Å². The third-order valence-corrected chi connectivity index (χ3v) is 2.09. The highest BCUT2D eigenvalue weighted by atomic mass is 35.5. The van der Waals surface area contributed by atoms with Crippen molar-refractivity contribution in [3.63, 3.8) is 0 Å². The van der Waals surface area contributed by atoms with Gasteiger partial charge in [0.25, 0.3) is 0 Å². The molecular formula is C11H16ClFN2O. The van der Waals surface area contributed by atoms with Gasteiger partial charge in [-0.25, -0.2) is 9.37 Å². The lowest BCUT2D eigenvalue weighted by molar-refractivity contribution is 0.280. The Hall–Kier alpha value is -0.870. The van der Waals surface area contributed by atoms with Crippen molar-refractivity contribution in [2.75, 3.05) is 13.2 Å². The molecule has 5 heteroatoms. The van der Waals surface area contributed by atoms with E-state index in [0.717, 1.165) is 13.0 Å². The average Bonchev–Trinajstić information content (AvgIpc) is 2.20. The van der Waals surface area contributed by atoms with Crippen molar-refractivity contribution in [3.05, 3.63) is 23.1 Å². The van der Waals surface area contributed by atoms with Crippen LogP contribution in [0.25, 0.3) is 0 Å². The highest BCUT2D eigenvalue weighted by Crippen LogP contribution is 2.17. The fourth-order valence-corrected chi connectivity index (χ4v) is 1.28. The average molecular weight is 247 g/mol. The molecule has 1 aromatic heterocycles. The first-order valence-electron chi connectivity index (χ1n) is 5.27. The molecule has 0 amide bonds. The van der Waals surface area contributed by atoms with Gasteiger partial charge in [0, 0.05) is 12.2 Å². The molecular weight excluding hydrogens is 231 g/mol. The zero-order chi connectivity index (χ0) is 12.0. The van der Waals surface area contributed by atoms with Crippen LogP contribution in [0.4, 0.5) is 4.39 Å². The first kappa shape index (κ1) is 13.2. The van der Waals surface area contributed by atoms with Gasteiger partial charge in [0.15, 0.2) is 5.82 Å². The van der Waals surface area contributed by atoms with Crippen molar-refractivity contribution >= 4 is 11.6 Å². The fourth-order valence-electron chi connectivity index (χ4n) is 1.14. The van der Waals surface area contributed by atoms with Crippen molar-refractivity contribution in [2.24, 2.45) is 0 Å². The molecule has 1 heterocycles. The maximum absolute atomic E-state index is 13.2. The zero-order valence-corrected chi connectivity index (χ0v) is 10.2. The van der Waals surface area contributed by atoms with E-state index in [1.807, 2.05) is 0 Å². The van der Waals surface area contributed by atoms with Gasteiger partial charge in [0.05, 0.1) is 11.6 Å². The Morgan fingerprint density at radius 2 is 2.31 bits per heavy atom. The van der Waals surface area contributed by atoms with Gasteiger partial charge in [0.2, 0.25) is 5.88 Å². The summed E-state index contributed by atoms with van der Waals surface area (Å²) in [4.78, 5) is 3.76. The van der Waals surface area contributed by atoms with Crippen LogP contribution in [-0.2, 0) is 0 Å². The predicted molar refractivity (Wildman–Crippen MR) is 62.5 cm³/mol. The van der Waals surface area contributed by atoms with E-state index in [0.29, 0.717) is 12.6 Å². The molecule has 0 fully saturated rings. The molecule has 1 rings (SSSR count). The van der Waals surface area contributed by atoms with E-state index in [1.165, 1.54) is 12.3 Å². The third kappa shape index (κ3) is 4.77. The molecule has 0 aliphatic heterocycles. The van der Waals surface area contributed by atoms with E-state index in [2.05, 4.69) is 24.1 Å². The number of hydrogen-bond acceptors (Lipinski definition) is 3. The van der Waals surface area contributed by atoms with Gasteiger partial charge in [-0.05, 0) is 19.0 Å². The van der Waals surface area contributed by atoms with E-state index in [4.69, 9.17) is 16.3 Å². The monoisotopic (exact) mass is 246 g/mol. The summed E-state index contributed by atoms with van der Waals surface area (Å²) in [6.07, 6.45) is 2.17. The first-order valence-corrected chi connectivity index (χ1v) is 5.64. The number of halogens is 2. The molecule has 0 radical (unpaired) electrons. The fraction of sp³-hybridized carbons (Fsp3) is 0.545. The number of hydrogen-bond donors (Lipinski definition) is 1. The first-order chi connectivity index (χ1) is 7.59. The van der Waals surface area contributed by atoms with Gasteiger partial charge in [-0.3, -0.25) is 0 Å². The maximum atomic E-state index is 13.2. The lowest BCUT2D eigenvalue weighted by Gasteiger charge is -2.09. The Morgan fingerprint density at radius 1 is 1.56 bits per heavy atom. The van der Waals surface area contributed by atoms with Gasteiger partial charge in [-0.1, -0.05) is 25.4 Å². The van der Waals surface area contributed by atoms with Crippen LogP contribution in [0.3, 0.4) is 0 Å². The Balaban J connectivity index is 2.27. The molecule has 1 aromatic rings. The highest BCUT2D eigenvalue weighted by Gasteiger charge is 2.05. The van der Waals surface area contributed by atoms with E-state index in [1.54, 1.807) is 0 Å². The summed E-state index contributed by atoms with van der Waals surface area (Å²) < 4.78 is 18.4. The van der Waals surface area contributed by atoms with Crippen LogP contribution < -0.4 is 10.1 Å². The van der Waals surface area contributed by atoms with E-state index in [9.17, 15) is 4.39 Å². The Morgan fingerprint density at radius 3 is 2.94 bits per heavy atom. The second-order valence-corrected chi connectivity index (χ2v) is 4.19. The normalized spacial score (nSPS) is 10.8. The molecule has 0 spiro atoms. The Labute approximate surface area is 100.0 Å². The van der Waals surface area contributed by atoms with Crippen molar-refractivity contribution < 1.29 is 9.13 Å². The second-order valence-electron chi connectivity index (χ2n) is 3.75. The minimum absolute atomic E-state index is 0.00828. The maximum Gasteiger partial charge on any atom is 0.250 e. The van der Waals surface area contributed by atoms with E-state index < -0.39 is 5.82 Å². The van der Waals surface area contributed by atoms with Crippen LogP contribution in [0.15, 0.2) is 12.3 Å². The number of nitrogens with zero attached hydrogens (tertiary/aromatic N) is 1. The van der Waals surface area contributed by atoms with Crippen molar-refractivity contribution in [2.45, 2.75) is 26.3 Å². The quantitative estimate of drug-likeness (QED) is 0.784. The molecule has 3 nitrogen and oxygen atoms in total. The van der Waals surface area contributed by atoms with Crippen LogP contribution in [0.2, 0.25) is 5.02 Å². The number of nitrogens with one attached hydrogen (secondary N) is 1. The summed E-state index contributed by atoms with van der Waals surface area (Å²) in [5.41, 5.74) is 0. The molecule has 16 heavy (non-hydrogen) atoms. The van der Waals surface area contributed by atoms with Gasteiger partial charge < -0.3 is 10.1 Å². The van der Waals surface area contributed by atoms with Crippen LogP contribution in [0.1, 0.15) is 20.3 Å². The third-order valence-electron chi connectivity index (χ3n) is 1.89. The summed E-state index contributed by atoms with van der Waals surface area (Å²) in [7, 11) is 0. The molecule has 0 saturated carbocycles. The number of ether oxygens (including phenoxy) is 1. The largest absolute Gasteiger partial charge is 0.476 e. The van der Waals surface area contributed by atoms with Gasteiger partial charge in [-0.15, -0.1) is 0 Å². The van der Waals surface area contributed by atoms with Gasteiger partial charge in [0.1, 0.15) is 0 Å². The second kappa shape index (κ2) is 6.66. The lowest BCUT2D eigenvalue weighted by atomic mass is 10.3. The van der Waals surface area contributed by atoms with Gasteiger partial charge >= 0.3 is 0 Å². The SMILES string of the molecule is CC(C)NCCCOc1ncc(Cl)cc1F. The summed E-state index contributed by atoms with van der Waals surface area (Å²) in [6, 6.07) is 1.64. The number of pyridine rings is 1. The Kier molecular flexibility index (Phi) is 5.49. The highest BCUT2D eigenvalue weighted by molar-refractivity contribution is 6.30. The van der Waals surface area contributed by atoms with Crippen LogP contribution in [0, 0.1) is 5.82 Å². The molecule has 0 saturated heterocycles. The minimum atomic E-state index is -0.524. The standard InChI is InChI=1S/C11H16ClFN2O/c1-8(2)14-4-3-5-16-11-10(13)6-9(12)7-15-11/h6-8,14H,3-5H2,1-2H3. The molecule has 0 aliphatic rings. The molecule has 90 valence electrons. The summed E-state index contributed by atoms with van der Waals surface area (Å²) in [5.74, 6) is -0.515. The minimum Gasteiger partial charge on any atom is -0.476 e. The predicted octanol–water partition coefficient (Wildman–Crippen LogP) is 2.64. The molecule has 0 aliphatic carbocycles. The van der Waals surface area contributed by atoms with Crippen LogP contribution >= 0.6 is 11.6 Å². The lowest BCUT2D eigenvalue weighted by Crippen LogP contribution is -2.24.